The number of rotatable bonds is 4. The molecule has 1 saturated carbocycles. The maximum absolute atomic E-state index is 12.2. The number of aliphatic carboxylic acids is 1. The van der Waals surface area contributed by atoms with Gasteiger partial charge >= 0.3 is 12.0 Å². The number of carboxylic acids is 1. The molecule has 0 radical (unpaired) electrons. The molecule has 6 nitrogen and oxygen atoms in total. The maximum atomic E-state index is 12.2. The molecule has 2 amide bonds. The zero-order chi connectivity index (χ0) is 15.5. The molecule has 2 fully saturated rings. The average molecular weight is 316 g/mol. The van der Waals surface area contributed by atoms with E-state index in [1.165, 1.54) is 24.2 Å². The Morgan fingerprint density at radius 1 is 1.33 bits per heavy atom. The summed E-state index contributed by atoms with van der Waals surface area (Å²) in [6.45, 7) is 0.654. The third-order valence-electron chi connectivity index (χ3n) is 4.58. The van der Waals surface area contributed by atoms with Crippen LogP contribution < -0.4 is 5.32 Å². The van der Waals surface area contributed by atoms with Crippen LogP contribution in [0.3, 0.4) is 0 Å². The van der Waals surface area contributed by atoms with Gasteiger partial charge in [0, 0.05) is 24.3 Å². The molecular weight excluding hydrogens is 292 g/mol. The van der Waals surface area contributed by atoms with Crippen molar-refractivity contribution in [3.05, 3.63) is 0 Å². The van der Waals surface area contributed by atoms with Crippen LogP contribution in [0.1, 0.15) is 38.5 Å². The van der Waals surface area contributed by atoms with E-state index in [9.17, 15) is 14.7 Å². The number of hydrogen-bond donors (Lipinski definition) is 3. The topological polar surface area (TPSA) is 89.9 Å². The van der Waals surface area contributed by atoms with Gasteiger partial charge in [-0.25, -0.2) is 9.59 Å². The summed E-state index contributed by atoms with van der Waals surface area (Å²) in [5, 5.41) is 21.6. The largest absolute Gasteiger partial charge is 0.480 e. The lowest BCUT2D eigenvalue weighted by atomic mass is 9.88. The molecule has 0 aromatic heterocycles. The summed E-state index contributed by atoms with van der Waals surface area (Å²) in [5.41, 5.74) is 0. The van der Waals surface area contributed by atoms with Gasteiger partial charge in [0.25, 0.3) is 0 Å². The monoisotopic (exact) mass is 316 g/mol. The lowest BCUT2D eigenvalue weighted by molar-refractivity contribution is -0.141. The van der Waals surface area contributed by atoms with Gasteiger partial charge in [-0.15, -0.1) is 0 Å². The summed E-state index contributed by atoms with van der Waals surface area (Å²) in [7, 11) is 0. The van der Waals surface area contributed by atoms with Gasteiger partial charge in [0.05, 0.1) is 6.10 Å². The molecule has 1 aliphatic carbocycles. The first kappa shape index (κ1) is 16.4. The van der Waals surface area contributed by atoms with E-state index in [1.807, 2.05) is 0 Å². The highest BCUT2D eigenvalue weighted by molar-refractivity contribution is 8.00. The second-order valence-electron chi connectivity index (χ2n) is 6.00. The number of carbonyl (C=O) groups is 2. The third-order valence-corrected chi connectivity index (χ3v) is 6.00. The fraction of sp³-hybridized carbons (Fsp3) is 0.857. The molecule has 7 heteroatoms. The standard InChI is InChI=1S/C14H24N2O4S/c1-21-14(5-3-2-4-6-14)9-15-13(20)16-8-10(17)7-11(16)12(18)19/h10-11,17H,2-9H2,1H3,(H,15,20)(H,18,19)/t10-,11+/m1/s1. The molecule has 2 atom stereocenters. The van der Waals surface area contributed by atoms with E-state index in [4.69, 9.17) is 5.11 Å². The number of aliphatic hydroxyl groups is 1. The molecule has 1 aliphatic heterocycles. The summed E-state index contributed by atoms with van der Waals surface area (Å²) < 4.78 is 0.0744. The highest BCUT2D eigenvalue weighted by atomic mass is 32.2. The lowest BCUT2D eigenvalue weighted by Gasteiger charge is -2.36. The highest BCUT2D eigenvalue weighted by Crippen LogP contribution is 2.38. The average Bonchev–Trinajstić information content (AvgIpc) is 2.88. The van der Waals surface area contributed by atoms with Crippen molar-refractivity contribution >= 4 is 23.8 Å². The van der Waals surface area contributed by atoms with Crippen molar-refractivity contribution in [1.82, 2.24) is 10.2 Å². The van der Waals surface area contributed by atoms with Crippen molar-refractivity contribution in [3.63, 3.8) is 0 Å². The van der Waals surface area contributed by atoms with Crippen molar-refractivity contribution in [2.24, 2.45) is 0 Å². The van der Waals surface area contributed by atoms with Crippen LogP contribution in [0.4, 0.5) is 4.79 Å². The minimum atomic E-state index is -1.06. The SMILES string of the molecule is CSC1(CNC(=O)N2C[C@H](O)C[C@H]2C(=O)O)CCCCC1. The molecule has 120 valence electrons. The Hall–Kier alpha value is -0.950. The van der Waals surface area contributed by atoms with Gasteiger partial charge in [-0.3, -0.25) is 0 Å². The number of urea groups is 1. The normalized spacial score (nSPS) is 28.4. The molecular formula is C14H24N2O4S. The smallest absolute Gasteiger partial charge is 0.326 e. The molecule has 0 unspecified atom stereocenters. The first-order valence-corrected chi connectivity index (χ1v) is 8.70. The number of hydrogen-bond acceptors (Lipinski definition) is 4. The molecule has 3 N–H and O–H groups in total. The number of aliphatic hydroxyl groups excluding tert-OH is 1. The van der Waals surface area contributed by atoms with Crippen molar-refractivity contribution in [3.8, 4) is 0 Å². The van der Waals surface area contributed by atoms with Crippen molar-refractivity contribution in [2.75, 3.05) is 19.3 Å². The minimum Gasteiger partial charge on any atom is -0.480 e. The van der Waals surface area contributed by atoms with Crippen LogP contribution >= 0.6 is 11.8 Å². The number of carboxylic acid groups (broad SMARTS) is 1. The van der Waals surface area contributed by atoms with Gasteiger partial charge in [-0.05, 0) is 19.1 Å². The number of likely N-dealkylation sites (tertiary alicyclic amines) is 1. The zero-order valence-electron chi connectivity index (χ0n) is 12.4. The van der Waals surface area contributed by atoms with Crippen LogP contribution in [0.25, 0.3) is 0 Å². The second-order valence-corrected chi connectivity index (χ2v) is 7.28. The van der Waals surface area contributed by atoms with Crippen LogP contribution in [0, 0.1) is 0 Å². The van der Waals surface area contributed by atoms with Crippen LogP contribution in [0.2, 0.25) is 0 Å². The van der Waals surface area contributed by atoms with E-state index in [-0.39, 0.29) is 23.7 Å². The molecule has 0 aromatic rings. The van der Waals surface area contributed by atoms with Gasteiger partial charge in [-0.1, -0.05) is 19.3 Å². The fourth-order valence-electron chi connectivity index (χ4n) is 3.26. The van der Waals surface area contributed by atoms with Gasteiger partial charge in [-0.2, -0.15) is 11.8 Å². The Balaban J connectivity index is 1.92. The molecule has 1 saturated heterocycles. The lowest BCUT2D eigenvalue weighted by Crippen LogP contribution is -2.50. The van der Waals surface area contributed by atoms with E-state index in [1.54, 1.807) is 11.8 Å². The Morgan fingerprint density at radius 2 is 2.00 bits per heavy atom. The quantitative estimate of drug-likeness (QED) is 0.727. The Morgan fingerprint density at radius 3 is 2.57 bits per heavy atom. The number of carbonyl (C=O) groups excluding carboxylic acids is 1. The molecule has 0 aromatic carbocycles. The fourth-order valence-corrected chi connectivity index (χ4v) is 4.17. The number of β-amino-alcohol motifs (C(OH)–C–C–N with tert-alkyl or cyclic N) is 1. The Kier molecular flexibility index (Phi) is 5.37. The summed E-state index contributed by atoms with van der Waals surface area (Å²) in [6.07, 6.45) is 7.19. The van der Waals surface area contributed by atoms with Crippen LogP contribution in [0.15, 0.2) is 0 Å². The molecule has 1 heterocycles. The summed E-state index contributed by atoms with van der Waals surface area (Å²) in [5.74, 6) is -1.06. The van der Waals surface area contributed by atoms with E-state index in [2.05, 4.69) is 11.6 Å². The van der Waals surface area contributed by atoms with E-state index in [0.717, 1.165) is 12.8 Å². The van der Waals surface area contributed by atoms with E-state index >= 15 is 0 Å². The van der Waals surface area contributed by atoms with Crippen LogP contribution in [0.5, 0.6) is 0 Å². The molecule has 2 rings (SSSR count). The molecule has 0 bridgehead atoms. The number of amides is 2. The number of nitrogens with zero attached hydrogens (tertiary/aromatic N) is 1. The van der Waals surface area contributed by atoms with Gasteiger partial charge in [0.15, 0.2) is 0 Å². The Labute approximate surface area is 129 Å². The zero-order valence-corrected chi connectivity index (χ0v) is 13.2. The van der Waals surface area contributed by atoms with Gasteiger partial charge in [0.2, 0.25) is 0 Å². The highest BCUT2D eigenvalue weighted by Gasteiger charge is 2.40. The van der Waals surface area contributed by atoms with Crippen molar-refractivity contribution < 1.29 is 19.8 Å². The van der Waals surface area contributed by atoms with Gasteiger partial charge < -0.3 is 20.4 Å². The maximum Gasteiger partial charge on any atom is 0.326 e. The van der Waals surface area contributed by atoms with Gasteiger partial charge in [0.1, 0.15) is 6.04 Å². The predicted octanol–water partition coefficient (Wildman–Crippen LogP) is 1.28. The van der Waals surface area contributed by atoms with E-state index in [0.29, 0.717) is 6.54 Å². The number of nitrogens with one attached hydrogen (secondary N) is 1. The number of thioether (sulfide) groups is 1. The van der Waals surface area contributed by atoms with E-state index < -0.39 is 18.1 Å². The van der Waals surface area contributed by atoms with Crippen LogP contribution in [-0.2, 0) is 4.79 Å². The first-order valence-electron chi connectivity index (χ1n) is 7.48. The summed E-state index contributed by atoms with van der Waals surface area (Å²) >= 11 is 1.79. The molecule has 0 spiro atoms. The molecule has 21 heavy (non-hydrogen) atoms. The Bertz CT molecular complexity index is 398. The predicted molar refractivity (Wildman–Crippen MR) is 81.5 cm³/mol. The summed E-state index contributed by atoms with van der Waals surface area (Å²) in [6, 6.07) is -1.30. The summed E-state index contributed by atoms with van der Waals surface area (Å²) in [4.78, 5) is 24.6. The second kappa shape index (κ2) is 6.87. The third kappa shape index (κ3) is 3.83. The molecule has 2 aliphatic rings. The van der Waals surface area contributed by atoms with Crippen molar-refractivity contribution in [2.45, 2.75) is 55.4 Å². The van der Waals surface area contributed by atoms with Crippen molar-refractivity contribution in [1.29, 1.82) is 0 Å². The minimum absolute atomic E-state index is 0.0744. The van der Waals surface area contributed by atoms with Crippen LogP contribution in [-0.4, -0.2) is 63.4 Å². The first-order chi connectivity index (χ1) is 9.97.